The van der Waals surface area contributed by atoms with E-state index in [4.69, 9.17) is 4.74 Å². The topological polar surface area (TPSA) is 69.7 Å². The molecule has 0 amide bonds. The Morgan fingerprint density at radius 3 is 2.62 bits per heavy atom. The van der Waals surface area contributed by atoms with Crippen molar-refractivity contribution in [2.24, 2.45) is 0 Å². The van der Waals surface area contributed by atoms with Crippen LogP contribution in [0.2, 0.25) is 0 Å². The summed E-state index contributed by atoms with van der Waals surface area (Å²) in [6, 6.07) is 5.25. The smallest absolute Gasteiger partial charge is 0.462 e. The van der Waals surface area contributed by atoms with Gasteiger partial charge in [0.05, 0.1) is 12.2 Å². The minimum absolute atomic E-state index is 0.148. The van der Waals surface area contributed by atoms with E-state index >= 15 is 0 Å². The lowest BCUT2D eigenvalue weighted by Crippen LogP contribution is -2.28. The maximum Gasteiger partial charge on any atom is 0.534 e. The monoisotopic (exact) mass is 325 g/mol. The van der Waals surface area contributed by atoms with Gasteiger partial charge in [0, 0.05) is 0 Å². The van der Waals surface area contributed by atoms with Crippen LogP contribution in [0.1, 0.15) is 30.1 Å². The van der Waals surface area contributed by atoms with Crippen LogP contribution in [0.15, 0.2) is 18.2 Å². The molecule has 1 aromatic rings. The first-order valence-electron chi connectivity index (χ1n) is 5.87. The Labute approximate surface area is 119 Å². The highest BCUT2D eigenvalue weighted by Crippen LogP contribution is 2.27. The molecular formula is C12H12F3O5S. The number of halogens is 3. The molecule has 0 N–H and O–H groups in total. The van der Waals surface area contributed by atoms with E-state index in [9.17, 15) is 26.4 Å². The van der Waals surface area contributed by atoms with Crippen molar-refractivity contribution in [3.8, 4) is 5.75 Å². The zero-order valence-corrected chi connectivity index (χ0v) is 11.8. The van der Waals surface area contributed by atoms with Crippen molar-refractivity contribution in [1.82, 2.24) is 0 Å². The zero-order valence-electron chi connectivity index (χ0n) is 10.9. The van der Waals surface area contributed by atoms with E-state index in [2.05, 4.69) is 10.2 Å². The molecule has 0 heterocycles. The van der Waals surface area contributed by atoms with Gasteiger partial charge in [-0.05, 0) is 30.7 Å². The number of alkyl halides is 3. The molecule has 0 atom stereocenters. The molecule has 0 aromatic heterocycles. The van der Waals surface area contributed by atoms with E-state index in [0.717, 1.165) is 24.6 Å². The van der Waals surface area contributed by atoms with Gasteiger partial charge in [0.25, 0.3) is 0 Å². The van der Waals surface area contributed by atoms with Gasteiger partial charge in [-0.15, -0.1) is 0 Å². The normalized spacial score (nSPS) is 12.0. The fourth-order valence-corrected chi connectivity index (χ4v) is 1.63. The SMILES string of the molecule is CCCCOC(=O)c1[c]ccc(OS(=O)(=O)C(F)(F)F)c1. The molecule has 1 aromatic carbocycles. The fourth-order valence-electron chi connectivity index (χ4n) is 1.18. The average Bonchev–Trinajstić information content (AvgIpc) is 2.37. The molecule has 0 aliphatic heterocycles. The predicted octanol–water partition coefficient (Wildman–Crippen LogP) is 2.67. The second-order valence-electron chi connectivity index (χ2n) is 3.91. The van der Waals surface area contributed by atoms with Crippen LogP contribution in [-0.2, 0) is 14.9 Å². The molecule has 0 saturated carbocycles. The van der Waals surface area contributed by atoms with Crippen molar-refractivity contribution in [2.45, 2.75) is 25.3 Å². The van der Waals surface area contributed by atoms with E-state index in [1.807, 2.05) is 6.92 Å². The van der Waals surface area contributed by atoms with Crippen molar-refractivity contribution in [3.63, 3.8) is 0 Å². The van der Waals surface area contributed by atoms with Gasteiger partial charge in [-0.2, -0.15) is 21.6 Å². The van der Waals surface area contributed by atoms with Crippen LogP contribution < -0.4 is 4.18 Å². The molecule has 0 aliphatic rings. The van der Waals surface area contributed by atoms with E-state index in [-0.39, 0.29) is 12.2 Å². The van der Waals surface area contributed by atoms with E-state index in [1.165, 1.54) is 0 Å². The third kappa shape index (κ3) is 4.92. The van der Waals surface area contributed by atoms with Crippen LogP contribution in [0.5, 0.6) is 5.75 Å². The van der Waals surface area contributed by atoms with Crippen LogP contribution in [0.25, 0.3) is 0 Å². The summed E-state index contributed by atoms with van der Waals surface area (Å²) in [7, 11) is -5.78. The molecule has 117 valence electrons. The van der Waals surface area contributed by atoms with E-state index < -0.39 is 27.3 Å². The van der Waals surface area contributed by atoms with Gasteiger partial charge in [0.15, 0.2) is 0 Å². The van der Waals surface area contributed by atoms with E-state index in [1.54, 1.807) is 0 Å². The minimum atomic E-state index is -5.78. The molecule has 5 nitrogen and oxygen atoms in total. The van der Waals surface area contributed by atoms with Gasteiger partial charge >= 0.3 is 21.6 Å². The molecule has 0 saturated heterocycles. The van der Waals surface area contributed by atoms with Gasteiger partial charge in [-0.25, -0.2) is 4.79 Å². The van der Waals surface area contributed by atoms with Crippen LogP contribution in [0.3, 0.4) is 0 Å². The molecule has 0 fully saturated rings. The van der Waals surface area contributed by atoms with Crippen LogP contribution in [0.4, 0.5) is 13.2 Å². The number of carbonyl (C=O) groups excluding carboxylic acids is 1. The summed E-state index contributed by atoms with van der Waals surface area (Å²) in [6.07, 6.45) is 1.42. The fraction of sp³-hybridized carbons (Fsp3) is 0.417. The molecule has 9 heteroatoms. The second-order valence-corrected chi connectivity index (χ2v) is 5.45. The zero-order chi connectivity index (χ0) is 16.1. The number of carbonyl (C=O) groups is 1. The summed E-state index contributed by atoms with van der Waals surface area (Å²) >= 11 is 0. The number of hydrogen-bond acceptors (Lipinski definition) is 5. The lowest BCUT2D eigenvalue weighted by molar-refractivity contribution is -0.0500. The average molecular weight is 325 g/mol. The van der Waals surface area contributed by atoms with Crippen molar-refractivity contribution in [2.75, 3.05) is 6.61 Å². The maximum atomic E-state index is 12.2. The molecule has 0 bridgehead atoms. The van der Waals surface area contributed by atoms with Gasteiger partial charge in [0.1, 0.15) is 5.75 Å². The molecule has 1 radical (unpaired) electrons. The molecule has 0 aliphatic carbocycles. The number of ether oxygens (including phenoxy) is 1. The first-order valence-corrected chi connectivity index (χ1v) is 7.28. The lowest BCUT2D eigenvalue weighted by atomic mass is 10.2. The summed E-state index contributed by atoms with van der Waals surface area (Å²) in [6.45, 7) is 2.03. The summed E-state index contributed by atoms with van der Waals surface area (Å²) in [5.74, 6) is -1.47. The highest BCUT2D eigenvalue weighted by molar-refractivity contribution is 7.88. The van der Waals surface area contributed by atoms with Gasteiger partial charge in [-0.3, -0.25) is 0 Å². The first kappa shape index (κ1) is 17.3. The molecular weight excluding hydrogens is 313 g/mol. The Bertz CT molecular complexity index is 595. The van der Waals surface area contributed by atoms with E-state index in [0.29, 0.717) is 6.42 Å². The number of unbranched alkanes of at least 4 members (excludes halogenated alkanes) is 1. The molecule has 0 spiro atoms. The Morgan fingerprint density at radius 2 is 2.05 bits per heavy atom. The summed E-state index contributed by atoms with van der Waals surface area (Å²) in [4.78, 5) is 11.6. The van der Waals surface area contributed by atoms with Crippen molar-refractivity contribution in [1.29, 1.82) is 0 Å². The third-order valence-electron chi connectivity index (χ3n) is 2.21. The van der Waals surface area contributed by atoms with Crippen molar-refractivity contribution in [3.05, 3.63) is 29.8 Å². The number of hydrogen-bond donors (Lipinski definition) is 0. The number of rotatable bonds is 6. The quantitative estimate of drug-likeness (QED) is 0.348. The van der Waals surface area contributed by atoms with Gasteiger partial charge < -0.3 is 8.92 Å². The number of benzene rings is 1. The maximum absolute atomic E-state index is 12.2. The van der Waals surface area contributed by atoms with Crippen molar-refractivity contribution < 1.29 is 35.3 Å². The number of esters is 1. The van der Waals surface area contributed by atoms with Crippen LogP contribution in [-0.4, -0.2) is 26.5 Å². The van der Waals surface area contributed by atoms with Crippen LogP contribution in [0, 0.1) is 6.07 Å². The Hall–Kier alpha value is -1.77. The van der Waals surface area contributed by atoms with Gasteiger partial charge in [-0.1, -0.05) is 13.3 Å². The molecule has 21 heavy (non-hydrogen) atoms. The Morgan fingerprint density at radius 1 is 1.38 bits per heavy atom. The first-order chi connectivity index (χ1) is 9.67. The molecule has 0 unspecified atom stereocenters. The third-order valence-corrected chi connectivity index (χ3v) is 3.19. The largest absolute Gasteiger partial charge is 0.534 e. The Balaban J connectivity index is 2.84. The van der Waals surface area contributed by atoms with Gasteiger partial charge in [0.2, 0.25) is 0 Å². The van der Waals surface area contributed by atoms with Crippen molar-refractivity contribution >= 4 is 16.1 Å². The summed E-state index contributed by atoms with van der Waals surface area (Å²) < 4.78 is 66.9. The molecule has 1 rings (SSSR count). The highest BCUT2D eigenvalue weighted by Gasteiger charge is 2.48. The predicted molar refractivity (Wildman–Crippen MR) is 66.1 cm³/mol. The van der Waals surface area contributed by atoms with Crippen LogP contribution >= 0.6 is 0 Å². The highest BCUT2D eigenvalue weighted by atomic mass is 32.2. The second kappa shape index (κ2) is 6.79. The Kier molecular flexibility index (Phi) is 5.59. The standard InChI is InChI=1S/C12H12F3O5S/c1-2-3-7-19-11(16)9-5-4-6-10(8-9)20-21(17,18)12(13,14)15/h4,6,8H,2-3,7H2,1H3. The summed E-state index contributed by atoms with van der Waals surface area (Å²) in [5, 5.41) is 0. The lowest BCUT2D eigenvalue weighted by Gasteiger charge is -2.10. The minimum Gasteiger partial charge on any atom is -0.462 e. The summed E-state index contributed by atoms with van der Waals surface area (Å²) in [5.41, 5.74) is -5.77.